The largest absolute Gasteiger partial charge is 0.436 e. The highest BCUT2D eigenvalue weighted by Gasteiger charge is 2.11. The lowest BCUT2D eigenvalue weighted by Gasteiger charge is -2.10. The van der Waals surface area contributed by atoms with Gasteiger partial charge in [-0.1, -0.05) is 23.2 Å². The zero-order valence-corrected chi connectivity index (χ0v) is 12.8. The van der Waals surface area contributed by atoms with Crippen LogP contribution in [0.1, 0.15) is 11.1 Å². The lowest BCUT2D eigenvalue weighted by Crippen LogP contribution is -1.98. The fourth-order valence-electron chi connectivity index (χ4n) is 1.31. The standard InChI is InChI=1S/C12H9BrCl2N2O/c1-6-7(2)12(17-16-11(6)15)18-10-4-3-8(14)5-9(10)13/h3-5H,1-2H3. The van der Waals surface area contributed by atoms with E-state index < -0.39 is 0 Å². The molecular weight excluding hydrogens is 339 g/mol. The van der Waals surface area contributed by atoms with Crippen molar-refractivity contribution in [3.63, 3.8) is 0 Å². The molecule has 1 aromatic heterocycles. The molecule has 0 unspecified atom stereocenters. The fraction of sp³-hybridized carbons (Fsp3) is 0.167. The summed E-state index contributed by atoms with van der Waals surface area (Å²) in [6.45, 7) is 3.76. The predicted molar refractivity (Wildman–Crippen MR) is 75.7 cm³/mol. The maximum atomic E-state index is 5.89. The van der Waals surface area contributed by atoms with E-state index in [1.54, 1.807) is 18.2 Å². The number of ether oxygens (including phenoxy) is 1. The monoisotopic (exact) mass is 346 g/mol. The Balaban J connectivity index is 2.37. The summed E-state index contributed by atoms with van der Waals surface area (Å²) in [5.41, 5.74) is 1.71. The van der Waals surface area contributed by atoms with Gasteiger partial charge >= 0.3 is 0 Å². The Morgan fingerprint density at radius 2 is 1.83 bits per heavy atom. The van der Waals surface area contributed by atoms with Crippen molar-refractivity contribution in [2.24, 2.45) is 0 Å². The molecule has 0 amide bonds. The summed E-state index contributed by atoms with van der Waals surface area (Å²) in [6.07, 6.45) is 0. The summed E-state index contributed by atoms with van der Waals surface area (Å²) >= 11 is 15.1. The maximum absolute atomic E-state index is 5.89. The van der Waals surface area contributed by atoms with Crippen LogP contribution in [-0.4, -0.2) is 10.2 Å². The lowest BCUT2D eigenvalue weighted by molar-refractivity contribution is 0.447. The van der Waals surface area contributed by atoms with Crippen molar-refractivity contribution in [2.45, 2.75) is 13.8 Å². The van der Waals surface area contributed by atoms with Gasteiger partial charge < -0.3 is 4.74 Å². The molecule has 1 aromatic carbocycles. The summed E-state index contributed by atoms with van der Waals surface area (Å²) in [4.78, 5) is 0. The Bertz CT molecular complexity index is 605. The summed E-state index contributed by atoms with van der Waals surface area (Å²) in [5.74, 6) is 1.05. The second kappa shape index (κ2) is 5.43. The van der Waals surface area contributed by atoms with Crippen LogP contribution in [0.3, 0.4) is 0 Å². The molecule has 0 atom stereocenters. The number of hydrogen-bond donors (Lipinski definition) is 0. The Hall–Kier alpha value is -0.840. The van der Waals surface area contributed by atoms with E-state index in [9.17, 15) is 0 Å². The summed E-state index contributed by atoms with van der Waals surface area (Å²) in [5, 5.41) is 8.78. The molecule has 2 rings (SSSR count). The van der Waals surface area contributed by atoms with Crippen molar-refractivity contribution in [3.05, 3.63) is 44.0 Å². The molecule has 0 aliphatic carbocycles. The smallest absolute Gasteiger partial charge is 0.242 e. The Kier molecular flexibility index (Phi) is 4.10. The van der Waals surface area contributed by atoms with E-state index in [4.69, 9.17) is 27.9 Å². The van der Waals surface area contributed by atoms with Gasteiger partial charge in [-0.15, -0.1) is 10.2 Å². The molecule has 1 heterocycles. The normalized spacial score (nSPS) is 10.5. The fourth-order valence-corrected chi connectivity index (χ4v) is 2.26. The highest BCUT2D eigenvalue weighted by molar-refractivity contribution is 9.10. The molecule has 0 saturated carbocycles. The molecule has 0 aliphatic rings. The van der Waals surface area contributed by atoms with Crippen LogP contribution in [0, 0.1) is 13.8 Å². The molecule has 0 saturated heterocycles. The number of nitrogens with zero attached hydrogens (tertiary/aromatic N) is 2. The first-order chi connectivity index (χ1) is 8.49. The average Bonchev–Trinajstić information content (AvgIpc) is 2.33. The van der Waals surface area contributed by atoms with Crippen LogP contribution in [0.2, 0.25) is 10.2 Å². The van der Waals surface area contributed by atoms with Crippen LogP contribution in [0.4, 0.5) is 0 Å². The second-order valence-corrected chi connectivity index (χ2v) is 5.37. The number of aromatic nitrogens is 2. The van der Waals surface area contributed by atoms with Crippen molar-refractivity contribution in [1.82, 2.24) is 10.2 Å². The molecule has 94 valence electrons. The topological polar surface area (TPSA) is 35.0 Å². The Morgan fingerprint density at radius 3 is 2.50 bits per heavy atom. The molecule has 0 aliphatic heterocycles. The van der Waals surface area contributed by atoms with Gasteiger partial charge in [-0.3, -0.25) is 0 Å². The molecule has 18 heavy (non-hydrogen) atoms. The van der Waals surface area contributed by atoms with Crippen LogP contribution in [0.5, 0.6) is 11.6 Å². The maximum Gasteiger partial charge on any atom is 0.242 e. The second-order valence-electron chi connectivity index (χ2n) is 3.72. The van der Waals surface area contributed by atoms with Gasteiger partial charge in [0.1, 0.15) is 5.75 Å². The van der Waals surface area contributed by atoms with Crippen LogP contribution >= 0.6 is 39.1 Å². The van der Waals surface area contributed by atoms with Crippen LogP contribution in [0.15, 0.2) is 22.7 Å². The van der Waals surface area contributed by atoms with E-state index in [2.05, 4.69) is 26.1 Å². The minimum Gasteiger partial charge on any atom is -0.436 e. The van der Waals surface area contributed by atoms with Crippen LogP contribution in [-0.2, 0) is 0 Å². The van der Waals surface area contributed by atoms with Gasteiger partial charge in [0.05, 0.1) is 4.47 Å². The quantitative estimate of drug-likeness (QED) is 0.770. The lowest BCUT2D eigenvalue weighted by atomic mass is 10.2. The first-order valence-corrected chi connectivity index (χ1v) is 6.66. The first kappa shape index (κ1) is 13.6. The number of hydrogen-bond acceptors (Lipinski definition) is 3. The third kappa shape index (κ3) is 2.76. The predicted octanol–water partition coefficient (Wildman–Crippen LogP) is 4.96. The van der Waals surface area contributed by atoms with E-state index in [0.717, 1.165) is 15.6 Å². The first-order valence-electron chi connectivity index (χ1n) is 5.11. The minimum atomic E-state index is 0.384. The highest BCUT2D eigenvalue weighted by Crippen LogP contribution is 2.33. The van der Waals surface area contributed by atoms with Crippen molar-refractivity contribution in [2.75, 3.05) is 0 Å². The number of benzene rings is 1. The van der Waals surface area contributed by atoms with Crippen molar-refractivity contribution < 1.29 is 4.74 Å². The molecule has 0 N–H and O–H groups in total. The van der Waals surface area contributed by atoms with Gasteiger partial charge in [-0.25, -0.2) is 0 Å². The molecule has 0 spiro atoms. The van der Waals surface area contributed by atoms with Crippen molar-refractivity contribution >= 4 is 39.1 Å². The van der Waals surface area contributed by atoms with Gasteiger partial charge in [0.25, 0.3) is 0 Å². The van der Waals surface area contributed by atoms with Gasteiger partial charge in [0, 0.05) is 10.6 Å². The number of halogens is 3. The van der Waals surface area contributed by atoms with Crippen LogP contribution < -0.4 is 4.74 Å². The van der Waals surface area contributed by atoms with Crippen molar-refractivity contribution in [1.29, 1.82) is 0 Å². The van der Waals surface area contributed by atoms with Gasteiger partial charge in [0.15, 0.2) is 5.15 Å². The molecule has 0 radical (unpaired) electrons. The van der Waals surface area contributed by atoms with Gasteiger partial charge in [0.2, 0.25) is 5.88 Å². The molecule has 6 heteroatoms. The Labute approximate surface area is 123 Å². The van der Waals surface area contributed by atoms with Crippen LogP contribution in [0.25, 0.3) is 0 Å². The average molecular weight is 348 g/mol. The van der Waals surface area contributed by atoms with E-state index in [0.29, 0.717) is 21.8 Å². The van der Waals surface area contributed by atoms with E-state index in [1.165, 1.54) is 0 Å². The molecule has 3 nitrogen and oxygen atoms in total. The molecule has 0 bridgehead atoms. The van der Waals surface area contributed by atoms with Crippen molar-refractivity contribution in [3.8, 4) is 11.6 Å². The third-order valence-electron chi connectivity index (χ3n) is 2.52. The zero-order chi connectivity index (χ0) is 13.3. The molecule has 2 aromatic rings. The SMILES string of the molecule is Cc1c(Cl)nnc(Oc2ccc(Cl)cc2Br)c1C. The summed E-state index contributed by atoms with van der Waals surface area (Å²) < 4.78 is 6.45. The summed E-state index contributed by atoms with van der Waals surface area (Å²) in [7, 11) is 0. The third-order valence-corrected chi connectivity index (χ3v) is 3.74. The van der Waals surface area contributed by atoms with E-state index >= 15 is 0 Å². The van der Waals surface area contributed by atoms with E-state index in [-0.39, 0.29) is 0 Å². The number of rotatable bonds is 2. The molecule has 0 fully saturated rings. The highest BCUT2D eigenvalue weighted by atomic mass is 79.9. The zero-order valence-electron chi connectivity index (χ0n) is 9.67. The minimum absolute atomic E-state index is 0.384. The van der Waals surface area contributed by atoms with Gasteiger partial charge in [-0.2, -0.15) is 0 Å². The molecular formula is C12H9BrCl2N2O. The summed E-state index contributed by atoms with van der Waals surface area (Å²) in [6, 6.07) is 5.26. The van der Waals surface area contributed by atoms with E-state index in [1.807, 2.05) is 13.8 Å². The Morgan fingerprint density at radius 1 is 1.11 bits per heavy atom. The van der Waals surface area contributed by atoms with Gasteiger partial charge in [-0.05, 0) is 53.5 Å².